The number of carboxylic acid groups (broad SMARTS) is 1. The highest BCUT2D eigenvalue weighted by Crippen LogP contribution is 2.59. The number of allylic oxidation sites excluding steroid dienone is 3. The van der Waals surface area contributed by atoms with Crippen LogP contribution in [0.3, 0.4) is 0 Å². The van der Waals surface area contributed by atoms with Gasteiger partial charge in [0.1, 0.15) is 5.82 Å². The fraction of sp³-hybridized carbons (Fsp3) is 0.593. The van der Waals surface area contributed by atoms with Crippen LogP contribution in [0.15, 0.2) is 35.7 Å². The molecule has 0 amide bonds. The van der Waals surface area contributed by atoms with Gasteiger partial charge in [-0.15, -0.1) is 0 Å². The maximum absolute atomic E-state index is 14.1. The van der Waals surface area contributed by atoms with E-state index in [1.807, 2.05) is 6.07 Å². The van der Waals surface area contributed by atoms with Crippen molar-refractivity contribution in [1.29, 1.82) is 0 Å². The summed E-state index contributed by atoms with van der Waals surface area (Å²) in [5, 5.41) is 18.8. The quantitative estimate of drug-likeness (QED) is 0.291. The lowest BCUT2D eigenvalue weighted by Gasteiger charge is -2.49. The van der Waals surface area contributed by atoms with Crippen LogP contribution in [-0.4, -0.2) is 33.3 Å². The van der Waals surface area contributed by atoms with Crippen LogP contribution in [0, 0.1) is 23.6 Å². The first-order valence-corrected chi connectivity index (χ1v) is 14.2. The van der Waals surface area contributed by atoms with Crippen molar-refractivity contribution >= 4 is 18.9 Å². The molecule has 0 aromatic heterocycles. The predicted octanol–water partition coefficient (Wildman–Crippen LogP) is 6.91. The minimum Gasteiger partial charge on any atom is -0.481 e. The van der Waals surface area contributed by atoms with Gasteiger partial charge in [0.2, 0.25) is 7.37 Å². The van der Waals surface area contributed by atoms with Gasteiger partial charge in [0.05, 0.1) is 18.7 Å². The summed E-state index contributed by atoms with van der Waals surface area (Å²) in [5.74, 6) is -0.222. The van der Waals surface area contributed by atoms with E-state index in [9.17, 15) is 23.7 Å². The molecule has 7 heteroatoms. The number of aliphatic hydroxyl groups is 1. The van der Waals surface area contributed by atoms with Crippen molar-refractivity contribution in [3.05, 3.63) is 52.6 Å². The van der Waals surface area contributed by atoms with Crippen LogP contribution >= 0.6 is 7.37 Å². The van der Waals surface area contributed by atoms with Gasteiger partial charge in [-0.25, -0.2) is 4.39 Å². The van der Waals surface area contributed by atoms with Crippen LogP contribution in [0.2, 0.25) is 0 Å². The highest BCUT2D eigenvalue weighted by Gasteiger charge is 2.45. The topological polar surface area (TPSA) is 94.8 Å². The molecule has 1 aromatic rings. The number of rotatable bonds is 11. The molecular formula is C27H40FO5P. The van der Waals surface area contributed by atoms with E-state index in [0.29, 0.717) is 5.56 Å². The third-order valence-corrected chi connectivity index (χ3v) is 9.44. The molecule has 1 aliphatic carbocycles. The molecule has 0 saturated carbocycles. The Morgan fingerprint density at radius 2 is 1.79 bits per heavy atom. The molecule has 0 aliphatic heterocycles. The third kappa shape index (κ3) is 6.47. The van der Waals surface area contributed by atoms with Crippen molar-refractivity contribution < 1.29 is 28.9 Å². The number of aryl methyl sites for hydroxylation is 1. The van der Waals surface area contributed by atoms with Crippen molar-refractivity contribution in [3.8, 4) is 0 Å². The lowest BCUT2D eigenvalue weighted by Crippen LogP contribution is -2.37. The van der Waals surface area contributed by atoms with Gasteiger partial charge in [0.25, 0.3) is 0 Å². The first kappa shape index (κ1) is 28.5. The number of halogens is 1. The Kier molecular flexibility index (Phi) is 9.49. The normalized spacial score (nSPS) is 20.4. The molecule has 190 valence electrons. The fourth-order valence-corrected chi connectivity index (χ4v) is 6.72. The number of aliphatic carboxylic acids is 1. The van der Waals surface area contributed by atoms with Gasteiger partial charge in [0.15, 0.2) is 0 Å². The monoisotopic (exact) mass is 494 g/mol. The average Bonchev–Trinajstić information content (AvgIpc) is 2.78. The van der Waals surface area contributed by atoms with Crippen LogP contribution in [0.25, 0.3) is 5.57 Å². The van der Waals surface area contributed by atoms with E-state index in [1.165, 1.54) is 11.9 Å². The molecule has 0 fully saturated rings. The maximum Gasteiger partial charge on any atom is 0.305 e. The summed E-state index contributed by atoms with van der Waals surface area (Å²) in [5.41, 5.74) is 3.42. The Morgan fingerprint density at radius 1 is 1.18 bits per heavy atom. The van der Waals surface area contributed by atoms with Crippen molar-refractivity contribution in [2.24, 2.45) is 10.8 Å². The van der Waals surface area contributed by atoms with Crippen LogP contribution in [-0.2, 0) is 9.36 Å². The zero-order chi connectivity index (χ0) is 25.7. The van der Waals surface area contributed by atoms with Crippen molar-refractivity contribution in [1.82, 2.24) is 0 Å². The Morgan fingerprint density at radius 3 is 2.29 bits per heavy atom. The van der Waals surface area contributed by atoms with E-state index in [2.05, 4.69) is 27.7 Å². The number of carbonyl (C=O) groups is 1. The molecule has 34 heavy (non-hydrogen) atoms. The molecule has 0 spiro atoms. The molecule has 0 saturated heterocycles. The van der Waals surface area contributed by atoms with Gasteiger partial charge in [-0.3, -0.25) is 9.36 Å². The molecule has 2 rings (SSSR count). The summed E-state index contributed by atoms with van der Waals surface area (Å²) < 4.78 is 26.9. The first-order chi connectivity index (χ1) is 15.9. The number of hydrogen-bond acceptors (Lipinski definition) is 3. The maximum atomic E-state index is 14.1. The van der Waals surface area contributed by atoms with E-state index >= 15 is 0 Å². The summed E-state index contributed by atoms with van der Waals surface area (Å²) in [6.07, 6.45) is 4.72. The molecule has 3 N–H and O–H groups in total. The second kappa shape index (κ2) is 11.3. The van der Waals surface area contributed by atoms with E-state index < -0.39 is 32.0 Å². The minimum atomic E-state index is -3.92. The standard InChI is InChI=1S/C27H40FO5P/c1-6-26(7-2)16-22(20-10-11-24(28)19(5)14-20)23(27(8-3,9-4)18-26)12-13-34(32,33)17-21(29)15-25(30)31/h10-14,21,29H,6-9,15-18H2,1-5H3,(H,30,31)(H,32,33)/t21-/m1/s1. The molecule has 0 bridgehead atoms. The predicted molar refractivity (Wildman–Crippen MR) is 135 cm³/mol. The van der Waals surface area contributed by atoms with Crippen molar-refractivity contribution in [3.63, 3.8) is 0 Å². The Balaban J connectivity index is 2.68. The number of carboxylic acids is 1. The summed E-state index contributed by atoms with van der Waals surface area (Å²) in [6, 6.07) is 5.12. The molecule has 2 atom stereocenters. The van der Waals surface area contributed by atoms with Gasteiger partial charge in [-0.1, -0.05) is 52.7 Å². The largest absolute Gasteiger partial charge is 0.481 e. The highest BCUT2D eigenvalue weighted by molar-refractivity contribution is 7.61. The summed E-state index contributed by atoms with van der Waals surface area (Å²) in [4.78, 5) is 21.4. The molecule has 0 heterocycles. The lowest BCUT2D eigenvalue weighted by molar-refractivity contribution is -0.138. The Hall–Kier alpha value is -1.75. The number of hydrogen-bond donors (Lipinski definition) is 3. The number of benzene rings is 1. The van der Waals surface area contributed by atoms with Crippen LogP contribution < -0.4 is 0 Å². The number of aliphatic hydroxyl groups excluding tert-OH is 1. The van der Waals surface area contributed by atoms with Gasteiger partial charge in [-0.2, -0.15) is 0 Å². The van der Waals surface area contributed by atoms with Crippen LogP contribution in [0.4, 0.5) is 4.39 Å². The van der Waals surface area contributed by atoms with Gasteiger partial charge in [0, 0.05) is 5.82 Å². The average molecular weight is 495 g/mol. The minimum absolute atomic E-state index is 0.0849. The first-order valence-electron chi connectivity index (χ1n) is 12.3. The zero-order valence-electron chi connectivity index (χ0n) is 21.1. The SMILES string of the molecule is CCC1(CC)CC(c2ccc(F)c(C)c2)=C(C=CP(=O)(O)C[C@H](O)CC(=O)O)C(CC)(CC)C1. The molecular weight excluding hydrogens is 454 g/mol. The van der Waals surface area contributed by atoms with E-state index in [-0.39, 0.29) is 16.6 Å². The third-order valence-electron chi connectivity index (χ3n) is 7.88. The Labute approximate surface area is 203 Å². The van der Waals surface area contributed by atoms with Crippen molar-refractivity contribution in [2.45, 2.75) is 85.7 Å². The summed E-state index contributed by atoms with van der Waals surface area (Å²) in [7, 11) is -3.92. The second-order valence-electron chi connectivity index (χ2n) is 9.91. The van der Waals surface area contributed by atoms with Crippen LogP contribution in [0.1, 0.15) is 83.8 Å². The lowest BCUT2D eigenvalue weighted by atomic mass is 9.55. The van der Waals surface area contributed by atoms with Crippen molar-refractivity contribution in [2.75, 3.05) is 6.16 Å². The zero-order valence-corrected chi connectivity index (χ0v) is 22.0. The van der Waals surface area contributed by atoms with Gasteiger partial charge in [-0.05, 0) is 77.8 Å². The van der Waals surface area contributed by atoms with Gasteiger partial charge < -0.3 is 15.1 Å². The molecule has 5 nitrogen and oxygen atoms in total. The van der Waals surface area contributed by atoms with E-state index in [1.54, 1.807) is 19.1 Å². The fourth-order valence-electron chi connectivity index (χ4n) is 5.48. The molecule has 1 unspecified atom stereocenters. The molecule has 0 radical (unpaired) electrons. The summed E-state index contributed by atoms with van der Waals surface area (Å²) >= 11 is 0. The summed E-state index contributed by atoms with van der Waals surface area (Å²) in [6.45, 7) is 10.4. The highest BCUT2D eigenvalue weighted by atomic mass is 31.2. The van der Waals surface area contributed by atoms with Gasteiger partial charge >= 0.3 is 5.97 Å². The Bertz CT molecular complexity index is 989. The molecule has 1 aliphatic rings. The van der Waals surface area contributed by atoms with E-state index in [0.717, 1.165) is 55.2 Å². The smallest absolute Gasteiger partial charge is 0.305 e. The van der Waals surface area contributed by atoms with Crippen LogP contribution in [0.5, 0.6) is 0 Å². The molecule has 1 aromatic carbocycles. The second-order valence-corrected chi connectivity index (χ2v) is 12.1. The van der Waals surface area contributed by atoms with E-state index in [4.69, 9.17) is 5.11 Å².